The lowest BCUT2D eigenvalue weighted by atomic mass is 9.96. The van der Waals surface area contributed by atoms with Gasteiger partial charge in [-0.1, -0.05) is 24.3 Å². The Bertz CT molecular complexity index is 1100. The maximum atomic E-state index is 13.5. The van der Waals surface area contributed by atoms with Crippen LogP contribution in [0.1, 0.15) is 24.1 Å². The van der Waals surface area contributed by atoms with E-state index in [-0.39, 0.29) is 29.2 Å². The van der Waals surface area contributed by atoms with Crippen molar-refractivity contribution in [3.63, 3.8) is 0 Å². The van der Waals surface area contributed by atoms with E-state index in [1.807, 2.05) is 0 Å². The molecule has 3 N–H and O–H groups in total. The monoisotopic (exact) mass is 468 g/mol. The van der Waals surface area contributed by atoms with Gasteiger partial charge in [0.2, 0.25) is 0 Å². The molecule has 1 amide bonds. The van der Waals surface area contributed by atoms with Crippen LogP contribution in [-0.2, 0) is 4.79 Å². The molecule has 1 saturated heterocycles. The molecule has 1 fully saturated rings. The van der Waals surface area contributed by atoms with Gasteiger partial charge in [0.1, 0.15) is 23.2 Å². The molecule has 0 spiro atoms. The third-order valence-electron chi connectivity index (χ3n) is 6.21. The van der Waals surface area contributed by atoms with Crippen LogP contribution in [0.5, 0.6) is 0 Å². The quantitative estimate of drug-likeness (QED) is 0.636. The topological polar surface area (TPSA) is 84.2 Å². The summed E-state index contributed by atoms with van der Waals surface area (Å²) < 4.78 is 27.1. The van der Waals surface area contributed by atoms with Gasteiger partial charge in [0, 0.05) is 31.8 Å². The molecule has 0 radical (unpaired) electrons. The van der Waals surface area contributed by atoms with Crippen molar-refractivity contribution in [1.29, 1.82) is 0 Å². The molecule has 8 heteroatoms. The zero-order valence-corrected chi connectivity index (χ0v) is 18.7. The summed E-state index contributed by atoms with van der Waals surface area (Å²) in [5.74, 6) is -1.93. The fourth-order valence-corrected chi connectivity index (χ4v) is 4.36. The van der Waals surface area contributed by atoms with Crippen LogP contribution >= 0.6 is 0 Å². The lowest BCUT2D eigenvalue weighted by Gasteiger charge is -2.40. The smallest absolute Gasteiger partial charge is 0.254 e. The van der Waals surface area contributed by atoms with Gasteiger partial charge in [-0.2, -0.15) is 0 Å². The summed E-state index contributed by atoms with van der Waals surface area (Å²) in [7, 11) is 0. The molecule has 34 heavy (non-hydrogen) atoms. The summed E-state index contributed by atoms with van der Waals surface area (Å²) >= 11 is 0. The van der Waals surface area contributed by atoms with Gasteiger partial charge in [-0.3, -0.25) is 9.69 Å². The van der Waals surface area contributed by atoms with E-state index in [4.69, 9.17) is 0 Å². The van der Waals surface area contributed by atoms with Crippen molar-refractivity contribution >= 4 is 5.91 Å². The number of hydrogen-bond acceptors (Lipinski definition) is 5. The number of benzene rings is 2. The van der Waals surface area contributed by atoms with E-state index in [9.17, 15) is 28.9 Å². The highest BCUT2D eigenvalue weighted by atomic mass is 19.1. The van der Waals surface area contributed by atoms with Crippen LogP contribution in [0.15, 0.2) is 83.3 Å². The molecule has 1 aliphatic heterocycles. The van der Waals surface area contributed by atoms with Crippen molar-refractivity contribution in [1.82, 2.24) is 9.80 Å². The first-order chi connectivity index (χ1) is 16.2. The second-order valence-corrected chi connectivity index (χ2v) is 8.47. The number of rotatable bonds is 4. The molecule has 6 nitrogen and oxygen atoms in total. The Balaban J connectivity index is 1.55. The Morgan fingerprint density at radius 2 is 1.32 bits per heavy atom. The summed E-state index contributed by atoms with van der Waals surface area (Å²) in [6, 6.07) is 12.2. The zero-order valence-electron chi connectivity index (χ0n) is 18.7. The average molecular weight is 469 g/mol. The van der Waals surface area contributed by atoms with Gasteiger partial charge in [-0.25, -0.2) is 8.78 Å². The number of hydrogen-bond donors (Lipinski definition) is 3. The molecule has 178 valence electrons. The van der Waals surface area contributed by atoms with Crippen LogP contribution in [0.3, 0.4) is 0 Å². The molecular weight excluding hydrogens is 442 g/mol. The molecule has 0 saturated carbocycles. The first-order valence-electron chi connectivity index (χ1n) is 11.0. The molecule has 1 aliphatic carbocycles. The molecule has 0 bridgehead atoms. The second-order valence-electron chi connectivity index (χ2n) is 8.47. The highest BCUT2D eigenvalue weighted by molar-refractivity contribution is 5.97. The number of allylic oxidation sites excluding steroid dienone is 2. The van der Waals surface area contributed by atoms with Crippen molar-refractivity contribution in [3.8, 4) is 0 Å². The normalized spacial score (nSPS) is 19.7. The third-order valence-corrected chi connectivity index (χ3v) is 6.21. The standard InChI is InChI=1S/C26H26F2N2O4/c1-16-14-22(31)25(33)23(32)15-21(16)26(34)30-12-10-29(11-13-30)24(17-2-6-19(27)7-3-17)18-4-8-20(28)9-5-18/h2-9,14-15,24-25,31-33H,10-13H2,1H3. The SMILES string of the molecule is CC1=C(C(=O)N2CCN(C(c3ccc(F)cc3)c3ccc(F)cc3)CC2)C=C(O)C(O)C(O)=C1. The minimum atomic E-state index is -1.57. The minimum absolute atomic E-state index is 0.197. The summed E-state index contributed by atoms with van der Waals surface area (Å²) in [4.78, 5) is 17.0. The van der Waals surface area contributed by atoms with Crippen LogP contribution in [0.2, 0.25) is 0 Å². The van der Waals surface area contributed by atoms with Crippen molar-refractivity contribution in [2.75, 3.05) is 26.2 Å². The van der Waals surface area contributed by atoms with E-state index < -0.39 is 17.6 Å². The largest absolute Gasteiger partial charge is 0.509 e. The Morgan fingerprint density at radius 1 is 0.853 bits per heavy atom. The zero-order chi connectivity index (χ0) is 24.4. The average Bonchev–Trinajstić information content (AvgIpc) is 2.93. The van der Waals surface area contributed by atoms with Gasteiger partial charge in [-0.15, -0.1) is 0 Å². The van der Waals surface area contributed by atoms with Crippen LogP contribution in [-0.4, -0.2) is 63.3 Å². The molecule has 2 aromatic rings. The number of aliphatic hydroxyl groups excluding tert-OH is 3. The van der Waals surface area contributed by atoms with Crippen molar-refractivity contribution in [2.24, 2.45) is 0 Å². The fraction of sp³-hybridized carbons (Fsp3) is 0.269. The van der Waals surface area contributed by atoms with Gasteiger partial charge < -0.3 is 20.2 Å². The summed E-state index contributed by atoms with van der Waals surface area (Å²) in [6.07, 6.45) is 0.894. The molecule has 1 atom stereocenters. The Kier molecular flexibility index (Phi) is 6.81. The fourth-order valence-electron chi connectivity index (χ4n) is 4.36. The molecule has 4 rings (SSSR count). The van der Waals surface area contributed by atoms with Crippen LogP contribution in [0, 0.1) is 11.6 Å². The van der Waals surface area contributed by atoms with Gasteiger partial charge in [0.25, 0.3) is 5.91 Å². The van der Waals surface area contributed by atoms with E-state index >= 15 is 0 Å². The maximum absolute atomic E-state index is 13.5. The number of carbonyl (C=O) groups excluding carboxylic acids is 1. The van der Waals surface area contributed by atoms with E-state index in [0.717, 1.165) is 11.1 Å². The predicted molar refractivity (Wildman–Crippen MR) is 123 cm³/mol. The van der Waals surface area contributed by atoms with Gasteiger partial charge >= 0.3 is 0 Å². The van der Waals surface area contributed by atoms with Gasteiger partial charge in [0.15, 0.2) is 6.10 Å². The predicted octanol–water partition coefficient (Wildman–Crippen LogP) is 3.77. The molecule has 2 aromatic carbocycles. The van der Waals surface area contributed by atoms with Crippen molar-refractivity contribution in [2.45, 2.75) is 19.1 Å². The number of aliphatic hydroxyl groups is 3. The maximum Gasteiger partial charge on any atom is 0.254 e. The van der Waals surface area contributed by atoms with Crippen LogP contribution < -0.4 is 0 Å². The first kappa shape index (κ1) is 23.7. The molecule has 0 aromatic heterocycles. The Morgan fingerprint density at radius 3 is 1.82 bits per heavy atom. The van der Waals surface area contributed by atoms with E-state index in [2.05, 4.69) is 4.90 Å². The van der Waals surface area contributed by atoms with E-state index in [1.165, 1.54) is 36.4 Å². The molecule has 1 heterocycles. The minimum Gasteiger partial charge on any atom is -0.509 e. The lowest BCUT2D eigenvalue weighted by Crippen LogP contribution is -2.50. The van der Waals surface area contributed by atoms with Crippen LogP contribution in [0.25, 0.3) is 0 Å². The van der Waals surface area contributed by atoms with Crippen molar-refractivity contribution in [3.05, 3.63) is 106 Å². The number of carbonyl (C=O) groups is 1. The second kappa shape index (κ2) is 9.79. The number of nitrogens with zero attached hydrogens (tertiary/aromatic N) is 2. The summed E-state index contributed by atoms with van der Waals surface area (Å²) in [5.41, 5.74) is 2.35. The molecule has 1 unspecified atom stereocenters. The highest BCUT2D eigenvalue weighted by Gasteiger charge is 2.31. The first-order valence-corrected chi connectivity index (χ1v) is 11.0. The Labute approximate surface area is 196 Å². The molecule has 2 aliphatic rings. The summed E-state index contributed by atoms with van der Waals surface area (Å²) in [5, 5.41) is 29.7. The number of amides is 1. The van der Waals surface area contributed by atoms with E-state index in [1.54, 1.807) is 36.1 Å². The molecular formula is C26H26F2N2O4. The van der Waals surface area contributed by atoms with E-state index in [0.29, 0.717) is 31.8 Å². The van der Waals surface area contributed by atoms with Gasteiger partial charge in [0.05, 0.1) is 6.04 Å². The summed E-state index contributed by atoms with van der Waals surface area (Å²) in [6.45, 7) is 3.43. The third kappa shape index (κ3) is 4.88. The number of piperazine rings is 1. The highest BCUT2D eigenvalue weighted by Crippen LogP contribution is 2.31. The van der Waals surface area contributed by atoms with Crippen LogP contribution in [0.4, 0.5) is 8.78 Å². The lowest BCUT2D eigenvalue weighted by molar-refractivity contribution is -0.128. The van der Waals surface area contributed by atoms with Crippen molar-refractivity contribution < 1.29 is 28.9 Å². The Hall–Kier alpha value is -3.49. The number of halogens is 2. The van der Waals surface area contributed by atoms with Gasteiger partial charge in [-0.05, 0) is 60.0 Å².